The van der Waals surface area contributed by atoms with Crippen LogP contribution >= 0.6 is 15.9 Å². The molecule has 0 spiro atoms. The second kappa shape index (κ2) is 7.90. The first kappa shape index (κ1) is 15.6. The Balaban J connectivity index is 2.71. The van der Waals surface area contributed by atoms with E-state index >= 15 is 0 Å². The van der Waals surface area contributed by atoms with Gasteiger partial charge in [0.2, 0.25) is 0 Å². The molecule has 1 nitrogen and oxygen atoms in total. The lowest BCUT2D eigenvalue weighted by Crippen LogP contribution is -2.09. The van der Waals surface area contributed by atoms with Crippen LogP contribution in [0.4, 0.5) is 4.39 Å². The van der Waals surface area contributed by atoms with Crippen molar-refractivity contribution in [1.29, 1.82) is 0 Å². The van der Waals surface area contributed by atoms with Crippen LogP contribution < -0.4 is 0 Å². The first-order valence-electron chi connectivity index (χ1n) is 6.72. The molecule has 18 heavy (non-hydrogen) atoms. The molecular weight excluding hydrogens is 295 g/mol. The number of aliphatic hydroxyl groups is 1. The van der Waals surface area contributed by atoms with Gasteiger partial charge in [-0.05, 0) is 24.5 Å². The molecule has 0 aromatic heterocycles. The Bertz CT molecular complexity index is 347. The molecule has 0 saturated heterocycles. The van der Waals surface area contributed by atoms with E-state index in [0.717, 1.165) is 19.3 Å². The predicted molar refractivity (Wildman–Crippen MR) is 77.0 cm³/mol. The summed E-state index contributed by atoms with van der Waals surface area (Å²) in [4.78, 5) is 0. The Hall–Kier alpha value is -0.410. The summed E-state index contributed by atoms with van der Waals surface area (Å²) in [6.07, 6.45) is 4.39. The smallest absolute Gasteiger partial charge is 0.130 e. The Labute approximate surface area is 118 Å². The van der Waals surface area contributed by atoms with E-state index in [1.807, 2.05) is 0 Å². The van der Waals surface area contributed by atoms with Gasteiger partial charge in [-0.25, -0.2) is 4.39 Å². The van der Waals surface area contributed by atoms with E-state index in [0.29, 0.717) is 22.4 Å². The van der Waals surface area contributed by atoms with Crippen LogP contribution in [0.1, 0.15) is 57.6 Å². The van der Waals surface area contributed by atoms with Gasteiger partial charge in [-0.2, -0.15) is 0 Å². The quantitative estimate of drug-likeness (QED) is 0.730. The van der Waals surface area contributed by atoms with Crippen molar-refractivity contribution in [2.24, 2.45) is 5.92 Å². The average Bonchev–Trinajstić information content (AvgIpc) is 2.34. The van der Waals surface area contributed by atoms with Crippen LogP contribution in [0, 0.1) is 11.7 Å². The maximum Gasteiger partial charge on any atom is 0.130 e. The highest BCUT2D eigenvalue weighted by Crippen LogP contribution is 2.32. The molecule has 2 unspecified atom stereocenters. The van der Waals surface area contributed by atoms with Gasteiger partial charge in [-0.1, -0.05) is 61.5 Å². The van der Waals surface area contributed by atoms with Crippen LogP contribution in [0.5, 0.6) is 0 Å². The number of rotatable bonds is 7. The summed E-state index contributed by atoms with van der Waals surface area (Å²) in [6, 6.07) is 4.81. The summed E-state index contributed by atoms with van der Waals surface area (Å²) in [5.74, 6) is 0.133. The van der Waals surface area contributed by atoms with Gasteiger partial charge in [0.25, 0.3) is 0 Å². The van der Waals surface area contributed by atoms with Crippen LogP contribution in [0.15, 0.2) is 22.7 Å². The second-order valence-corrected chi connectivity index (χ2v) is 5.66. The molecule has 102 valence electrons. The second-order valence-electron chi connectivity index (χ2n) is 4.80. The number of halogens is 2. The SMILES string of the molecule is CCCCC(CC)CC(O)c1c(F)cccc1Br. The van der Waals surface area contributed by atoms with E-state index in [-0.39, 0.29) is 5.82 Å². The topological polar surface area (TPSA) is 20.2 Å². The van der Waals surface area contributed by atoms with Crippen molar-refractivity contribution >= 4 is 15.9 Å². The molecule has 0 amide bonds. The van der Waals surface area contributed by atoms with Crippen LogP contribution in [-0.2, 0) is 0 Å². The van der Waals surface area contributed by atoms with Gasteiger partial charge >= 0.3 is 0 Å². The zero-order chi connectivity index (χ0) is 13.5. The molecule has 0 fully saturated rings. The van der Waals surface area contributed by atoms with Crippen molar-refractivity contribution in [1.82, 2.24) is 0 Å². The van der Waals surface area contributed by atoms with Crippen molar-refractivity contribution in [3.05, 3.63) is 34.1 Å². The third-order valence-corrected chi connectivity index (χ3v) is 4.12. The van der Waals surface area contributed by atoms with Crippen LogP contribution in [0.3, 0.4) is 0 Å². The molecule has 1 N–H and O–H groups in total. The van der Waals surface area contributed by atoms with E-state index in [1.165, 1.54) is 12.5 Å². The Morgan fingerprint density at radius 2 is 2.06 bits per heavy atom. The first-order chi connectivity index (χ1) is 8.60. The minimum Gasteiger partial charge on any atom is -0.388 e. The molecule has 0 saturated carbocycles. The van der Waals surface area contributed by atoms with Gasteiger partial charge in [0.1, 0.15) is 5.82 Å². The van der Waals surface area contributed by atoms with Crippen LogP contribution in [0.25, 0.3) is 0 Å². The van der Waals surface area contributed by atoms with Gasteiger partial charge in [0.15, 0.2) is 0 Å². The van der Waals surface area contributed by atoms with Crippen LogP contribution in [-0.4, -0.2) is 5.11 Å². The van der Waals surface area contributed by atoms with Gasteiger partial charge < -0.3 is 5.11 Å². The van der Waals surface area contributed by atoms with Crippen molar-refractivity contribution < 1.29 is 9.50 Å². The van der Waals surface area contributed by atoms with E-state index in [1.54, 1.807) is 12.1 Å². The van der Waals surface area contributed by atoms with Crippen molar-refractivity contribution in [2.45, 2.75) is 52.1 Å². The minimum atomic E-state index is -0.720. The average molecular weight is 317 g/mol. The molecule has 2 atom stereocenters. The summed E-state index contributed by atoms with van der Waals surface area (Å²) >= 11 is 3.31. The number of benzene rings is 1. The monoisotopic (exact) mass is 316 g/mol. The molecule has 0 heterocycles. The van der Waals surface area contributed by atoms with Crippen molar-refractivity contribution in [3.8, 4) is 0 Å². The lowest BCUT2D eigenvalue weighted by molar-refractivity contribution is 0.134. The maximum absolute atomic E-state index is 13.7. The third kappa shape index (κ3) is 4.36. The minimum absolute atomic E-state index is 0.331. The maximum atomic E-state index is 13.7. The normalized spacial score (nSPS) is 14.5. The molecular formula is C15H22BrFO. The zero-order valence-corrected chi connectivity index (χ0v) is 12.7. The molecule has 0 aliphatic carbocycles. The molecule has 1 aromatic carbocycles. The summed E-state index contributed by atoms with van der Waals surface area (Å²) in [5, 5.41) is 10.2. The summed E-state index contributed by atoms with van der Waals surface area (Å²) < 4.78 is 14.4. The standard InChI is InChI=1S/C15H22BrFO/c1-3-5-7-11(4-2)10-14(18)15-12(16)8-6-9-13(15)17/h6,8-9,11,14,18H,3-5,7,10H2,1-2H3. The molecule has 0 aliphatic rings. The number of hydrogen-bond donors (Lipinski definition) is 1. The fourth-order valence-electron chi connectivity index (χ4n) is 2.24. The third-order valence-electron chi connectivity index (χ3n) is 3.43. The molecule has 0 bridgehead atoms. The molecule has 1 rings (SSSR count). The summed E-state index contributed by atoms with van der Waals surface area (Å²) in [7, 11) is 0. The highest BCUT2D eigenvalue weighted by Gasteiger charge is 2.19. The molecule has 0 radical (unpaired) electrons. The van der Waals surface area contributed by atoms with Gasteiger partial charge in [0.05, 0.1) is 6.10 Å². The van der Waals surface area contributed by atoms with E-state index < -0.39 is 6.10 Å². The fraction of sp³-hybridized carbons (Fsp3) is 0.600. The van der Waals surface area contributed by atoms with Crippen LogP contribution in [0.2, 0.25) is 0 Å². The summed E-state index contributed by atoms with van der Waals surface area (Å²) in [6.45, 7) is 4.29. The molecule has 3 heteroatoms. The number of hydrogen-bond acceptors (Lipinski definition) is 1. The Morgan fingerprint density at radius 1 is 1.33 bits per heavy atom. The zero-order valence-electron chi connectivity index (χ0n) is 11.1. The number of unbranched alkanes of at least 4 members (excludes halogenated alkanes) is 1. The van der Waals surface area contributed by atoms with E-state index in [2.05, 4.69) is 29.8 Å². The lowest BCUT2D eigenvalue weighted by atomic mass is 9.90. The fourth-order valence-corrected chi connectivity index (χ4v) is 2.85. The number of aliphatic hydroxyl groups excluding tert-OH is 1. The van der Waals surface area contributed by atoms with E-state index in [4.69, 9.17) is 0 Å². The van der Waals surface area contributed by atoms with E-state index in [9.17, 15) is 9.50 Å². The highest BCUT2D eigenvalue weighted by molar-refractivity contribution is 9.10. The lowest BCUT2D eigenvalue weighted by Gasteiger charge is -2.20. The first-order valence-corrected chi connectivity index (χ1v) is 7.51. The van der Waals surface area contributed by atoms with Gasteiger partial charge in [-0.15, -0.1) is 0 Å². The molecule has 0 aliphatic heterocycles. The summed E-state index contributed by atoms with van der Waals surface area (Å²) in [5.41, 5.74) is 0.396. The predicted octanol–water partition coefficient (Wildman–Crippen LogP) is 5.23. The largest absolute Gasteiger partial charge is 0.388 e. The Morgan fingerprint density at radius 3 is 2.61 bits per heavy atom. The van der Waals surface area contributed by atoms with Crippen molar-refractivity contribution in [2.75, 3.05) is 0 Å². The van der Waals surface area contributed by atoms with Gasteiger partial charge in [0, 0.05) is 10.0 Å². The molecule has 1 aromatic rings. The Kier molecular flexibility index (Phi) is 6.87. The van der Waals surface area contributed by atoms with Gasteiger partial charge in [-0.3, -0.25) is 0 Å². The van der Waals surface area contributed by atoms with Crippen molar-refractivity contribution in [3.63, 3.8) is 0 Å². The highest BCUT2D eigenvalue weighted by atomic mass is 79.9.